The Hall–Kier alpha value is -1.16. The van der Waals surface area contributed by atoms with Gasteiger partial charge >= 0.3 is 7.60 Å². The van der Waals surface area contributed by atoms with Crippen LogP contribution >= 0.6 is 7.60 Å². The van der Waals surface area contributed by atoms with E-state index in [-0.39, 0.29) is 12.2 Å². The van der Waals surface area contributed by atoms with Crippen LogP contribution in [0.4, 0.5) is 0 Å². The van der Waals surface area contributed by atoms with Crippen molar-refractivity contribution in [1.29, 1.82) is 0 Å². The van der Waals surface area contributed by atoms with E-state index in [1.807, 2.05) is 0 Å². The first-order chi connectivity index (χ1) is 10.6. The Morgan fingerprint density at radius 3 is 1.86 bits per heavy atom. The Morgan fingerprint density at radius 2 is 1.50 bits per heavy atom. The maximum atomic E-state index is 13.0. The zero-order valence-corrected chi connectivity index (χ0v) is 13.6. The summed E-state index contributed by atoms with van der Waals surface area (Å²) in [6.45, 7) is 0. The first-order valence-corrected chi connectivity index (χ1v) is 9.31. The van der Waals surface area contributed by atoms with Gasteiger partial charge in [-0.1, -0.05) is 0 Å². The topological polar surface area (TPSA) is 61.8 Å². The van der Waals surface area contributed by atoms with E-state index in [4.69, 9.17) is 13.8 Å². The minimum absolute atomic E-state index is 0.117. The highest BCUT2D eigenvalue weighted by Gasteiger charge is 2.42. The van der Waals surface area contributed by atoms with Crippen molar-refractivity contribution in [2.75, 3.05) is 7.11 Å². The molecule has 0 atom stereocenters. The molecular formula is C16H21O5P. The molecule has 0 amide bonds. The summed E-state index contributed by atoms with van der Waals surface area (Å²) >= 11 is 0. The van der Waals surface area contributed by atoms with Crippen molar-refractivity contribution in [1.82, 2.24) is 0 Å². The molecule has 120 valence electrons. The van der Waals surface area contributed by atoms with Crippen LogP contribution in [0.5, 0.6) is 5.75 Å². The van der Waals surface area contributed by atoms with Crippen molar-refractivity contribution in [2.45, 2.75) is 50.7 Å². The number of ether oxygens (including phenoxy) is 1. The molecule has 2 fully saturated rings. The lowest BCUT2D eigenvalue weighted by molar-refractivity contribution is 0.0453. The molecule has 1 aromatic carbocycles. The van der Waals surface area contributed by atoms with Gasteiger partial charge in [-0.15, -0.1) is 0 Å². The summed E-state index contributed by atoms with van der Waals surface area (Å²) in [4.78, 5) is 12.7. The van der Waals surface area contributed by atoms with Crippen LogP contribution in [-0.2, 0) is 13.6 Å². The quantitative estimate of drug-likeness (QED) is 0.705. The maximum Gasteiger partial charge on any atom is 0.402 e. The van der Waals surface area contributed by atoms with E-state index in [9.17, 15) is 9.36 Å². The van der Waals surface area contributed by atoms with Gasteiger partial charge in [-0.2, -0.15) is 0 Å². The highest BCUT2D eigenvalue weighted by atomic mass is 31.2. The van der Waals surface area contributed by atoms with E-state index < -0.39 is 13.1 Å². The van der Waals surface area contributed by atoms with Gasteiger partial charge in [0.1, 0.15) is 5.75 Å². The van der Waals surface area contributed by atoms with Crippen molar-refractivity contribution in [2.24, 2.45) is 0 Å². The van der Waals surface area contributed by atoms with Crippen LogP contribution in [0, 0.1) is 0 Å². The SMILES string of the molecule is COc1ccc(C(=O)P(=O)(OC2CCC2)OC2CCC2)cc1. The summed E-state index contributed by atoms with van der Waals surface area (Å²) in [5.74, 6) is 0.645. The second-order valence-electron chi connectivity index (χ2n) is 5.85. The molecule has 2 aliphatic carbocycles. The monoisotopic (exact) mass is 324 g/mol. The fraction of sp³-hybridized carbons (Fsp3) is 0.562. The molecule has 0 spiro atoms. The summed E-state index contributed by atoms with van der Waals surface area (Å²) in [6, 6.07) is 6.54. The third-order valence-corrected chi connectivity index (χ3v) is 6.17. The van der Waals surface area contributed by atoms with E-state index in [2.05, 4.69) is 0 Å². The van der Waals surface area contributed by atoms with Gasteiger partial charge in [0.2, 0.25) is 0 Å². The Labute approximate surface area is 130 Å². The molecule has 6 heteroatoms. The van der Waals surface area contributed by atoms with Crippen LogP contribution in [0.15, 0.2) is 24.3 Å². The van der Waals surface area contributed by atoms with E-state index in [1.54, 1.807) is 31.4 Å². The first-order valence-electron chi connectivity index (χ1n) is 7.76. The number of benzene rings is 1. The number of rotatable bonds is 7. The normalized spacial score (nSPS) is 19.3. The molecule has 0 bridgehead atoms. The minimum atomic E-state index is -3.78. The fourth-order valence-electron chi connectivity index (χ4n) is 2.36. The van der Waals surface area contributed by atoms with Gasteiger partial charge in [-0.25, -0.2) is 0 Å². The Morgan fingerprint density at radius 1 is 1.00 bits per heavy atom. The predicted octanol–water partition coefficient (Wildman–Crippen LogP) is 4.17. The lowest BCUT2D eigenvalue weighted by Gasteiger charge is -2.33. The molecule has 5 nitrogen and oxygen atoms in total. The molecule has 0 unspecified atom stereocenters. The standard InChI is InChI=1S/C16H21O5P/c1-19-13-10-8-12(9-11-13)16(17)22(18,20-14-4-2-5-14)21-15-6-3-7-15/h8-11,14-15H,2-7H2,1H3. The van der Waals surface area contributed by atoms with Crippen molar-refractivity contribution in [3.8, 4) is 5.75 Å². The van der Waals surface area contributed by atoms with Gasteiger partial charge < -0.3 is 4.74 Å². The smallest absolute Gasteiger partial charge is 0.402 e. The molecule has 0 radical (unpaired) electrons. The highest BCUT2D eigenvalue weighted by molar-refractivity contribution is 7.72. The Bertz CT molecular complexity index is 555. The second kappa shape index (κ2) is 6.53. The summed E-state index contributed by atoms with van der Waals surface area (Å²) in [5.41, 5.74) is -0.211. The average molecular weight is 324 g/mol. The van der Waals surface area contributed by atoms with E-state index in [0.29, 0.717) is 11.3 Å². The van der Waals surface area contributed by atoms with Crippen LogP contribution in [-0.4, -0.2) is 24.8 Å². The highest BCUT2D eigenvalue weighted by Crippen LogP contribution is 2.57. The van der Waals surface area contributed by atoms with Gasteiger partial charge in [0.25, 0.3) is 5.52 Å². The van der Waals surface area contributed by atoms with E-state index >= 15 is 0 Å². The number of hydrogen-bond donors (Lipinski definition) is 0. The third-order valence-electron chi connectivity index (χ3n) is 4.27. The number of carbonyl (C=O) groups excluding carboxylic acids is 1. The summed E-state index contributed by atoms with van der Waals surface area (Å²) < 4.78 is 29.3. The molecule has 0 N–H and O–H groups in total. The largest absolute Gasteiger partial charge is 0.497 e. The van der Waals surface area contributed by atoms with Crippen LogP contribution in [0.3, 0.4) is 0 Å². The molecule has 2 aliphatic rings. The molecular weight excluding hydrogens is 303 g/mol. The van der Waals surface area contributed by atoms with Crippen LogP contribution in [0.1, 0.15) is 48.9 Å². The predicted molar refractivity (Wildman–Crippen MR) is 82.4 cm³/mol. The molecule has 0 saturated heterocycles. The number of carbonyl (C=O) groups is 1. The van der Waals surface area contributed by atoms with Crippen molar-refractivity contribution >= 4 is 13.1 Å². The second-order valence-corrected chi connectivity index (χ2v) is 7.67. The van der Waals surface area contributed by atoms with Crippen LogP contribution < -0.4 is 4.74 Å². The van der Waals surface area contributed by atoms with Crippen molar-refractivity contribution in [3.63, 3.8) is 0 Å². The fourth-order valence-corrected chi connectivity index (χ4v) is 4.27. The van der Waals surface area contributed by atoms with E-state index in [0.717, 1.165) is 38.5 Å². The van der Waals surface area contributed by atoms with Crippen molar-refractivity contribution in [3.05, 3.63) is 29.8 Å². The third kappa shape index (κ3) is 3.27. The van der Waals surface area contributed by atoms with E-state index in [1.165, 1.54) is 0 Å². The Kier molecular flexibility index (Phi) is 4.67. The van der Waals surface area contributed by atoms with Gasteiger partial charge in [0, 0.05) is 5.56 Å². The zero-order valence-electron chi connectivity index (χ0n) is 12.7. The average Bonchev–Trinajstić information content (AvgIpc) is 2.46. The number of hydrogen-bond acceptors (Lipinski definition) is 5. The van der Waals surface area contributed by atoms with Gasteiger partial charge in [-0.05, 0) is 62.8 Å². The molecule has 0 aromatic heterocycles. The zero-order chi connectivity index (χ0) is 15.6. The van der Waals surface area contributed by atoms with Crippen molar-refractivity contribution < 1.29 is 23.1 Å². The first kappa shape index (κ1) is 15.7. The molecule has 3 rings (SSSR count). The van der Waals surface area contributed by atoms with Gasteiger partial charge in [-0.3, -0.25) is 18.4 Å². The number of methoxy groups -OCH3 is 1. The molecule has 2 saturated carbocycles. The lowest BCUT2D eigenvalue weighted by Crippen LogP contribution is -2.27. The summed E-state index contributed by atoms with van der Waals surface area (Å²) in [6.07, 6.45) is 5.22. The lowest BCUT2D eigenvalue weighted by atomic mass is 9.97. The molecule has 0 aliphatic heterocycles. The Balaban J connectivity index is 1.78. The van der Waals surface area contributed by atoms with Gasteiger partial charge in [0.15, 0.2) is 0 Å². The van der Waals surface area contributed by atoms with Crippen LogP contribution in [0.25, 0.3) is 0 Å². The molecule has 1 aromatic rings. The molecule has 0 heterocycles. The van der Waals surface area contributed by atoms with Gasteiger partial charge in [0.05, 0.1) is 19.3 Å². The van der Waals surface area contributed by atoms with Crippen LogP contribution in [0.2, 0.25) is 0 Å². The molecule has 22 heavy (non-hydrogen) atoms. The minimum Gasteiger partial charge on any atom is -0.497 e. The maximum absolute atomic E-state index is 13.0. The summed E-state index contributed by atoms with van der Waals surface area (Å²) in [5, 5.41) is 0. The summed E-state index contributed by atoms with van der Waals surface area (Å²) in [7, 11) is -2.22.